The molecule has 2 bridgehead atoms. The number of aliphatic hydroxyl groups excluding tert-OH is 2. The van der Waals surface area contributed by atoms with Crippen molar-refractivity contribution in [3.05, 3.63) is 34.3 Å². The largest absolute Gasteiger partial charge is 0.459 e. The van der Waals surface area contributed by atoms with Crippen molar-refractivity contribution >= 4 is 27.9 Å². The van der Waals surface area contributed by atoms with Gasteiger partial charge in [-0.25, -0.2) is 4.79 Å². The van der Waals surface area contributed by atoms with Crippen LogP contribution in [-0.2, 0) is 42.7 Å². The van der Waals surface area contributed by atoms with E-state index in [0.29, 0.717) is 18.4 Å². The van der Waals surface area contributed by atoms with Gasteiger partial charge in [0.25, 0.3) is 0 Å². The molecule has 4 saturated heterocycles. The van der Waals surface area contributed by atoms with Crippen LogP contribution in [0, 0.1) is 23.7 Å². The van der Waals surface area contributed by atoms with E-state index in [0.717, 1.165) is 4.47 Å². The van der Waals surface area contributed by atoms with E-state index >= 15 is 0 Å². The molecule has 0 aliphatic carbocycles. The van der Waals surface area contributed by atoms with Crippen LogP contribution in [0.3, 0.4) is 0 Å². The Kier molecular flexibility index (Phi) is 15.5. The molecule has 0 aromatic heterocycles. The number of carbonyl (C=O) groups excluding carboxylic acids is 2. The van der Waals surface area contributed by atoms with Crippen molar-refractivity contribution < 1.29 is 62.8 Å². The Bertz CT molecular complexity index is 1580. The first-order valence-electron chi connectivity index (χ1n) is 21.2. The summed E-state index contributed by atoms with van der Waals surface area (Å²) in [5.41, 5.74) is -3.56. The molecule has 0 amide bonds. The second kappa shape index (κ2) is 18.9. The van der Waals surface area contributed by atoms with Gasteiger partial charge in [-0.1, -0.05) is 43.6 Å². The van der Waals surface area contributed by atoms with Crippen LogP contribution in [0.5, 0.6) is 0 Å². The molecule has 1 aromatic rings. The molecule has 59 heavy (non-hydrogen) atoms. The van der Waals surface area contributed by atoms with E-state index in [9.17, 15) is 24.9 Å². The monoisotopic (exact) mass is 899 g/mol. The van der Waals surface area contributed by atoms with Gasteiger partial charge in [-0.2, -0.15) is 0 Å². The third kappa shape index (κ3) is 10.1. The number of rotatable bonds is 9. The molecule has 3 N–H and O–H groups in total. The molecule has 19 atom stereocenters. The molecular weight excluding hydrogens is 830 g/mol. The molecule has 4 aliphatic heterocycles. The van der Waals surface area contributed by atoms with Crippen molar-refractivity contribution in [2.75, 3.05) is 21.2 Å². The van der Waals surface area contributed by atoms with Crippen LogP contribution in [0.1, 0.15) is 105 Å². The van der Waals surface area contributed by atoms with Gasteiger partial charge in [-0.3, -0.25) is 4.79 Å². The van der Waals surface area contributed by atoms with Crippen molar-refractivity contribution in [3.63, 3.8) is 0 Å². The highest BCUT2D eigenvalue weighted by molar-refractivity contribution is 9.10. The van der Waals surface area contributed by atoms with Gasteiger partial charge in [0, 0.05) is 29.8 Å². The summed E-state index contributed by atoms with van der Waals surface area (Å²) in [4.78, 5) is 30.2. The second-order valence-corrected chi connectivity index (χ2v) is 19.6. The number of nitrogens with zero attached hydrogens (tertiary/aromatic N) is 1. The molecule has 15 heteroatoms. The van der Waals surface area contributed by atoms with Crippen LogP contribution in [0.15, 0.2) is 28.7 Å². The number of hydrogen-bond acceptors (Lipinski definition) is 14. The number of likely N-dealkylation sites (N-methyl/N-ethyl adjacent to an activating group) is 1. The smallest absolute Gasteiger partial charge is 0.338 e. The Balaban J connectivity index is 1.63. The van der Waals surface area contributed by atoms with Crippen LogP contribution >= 0.6 is 15.9 Å². The fourth-order valence-electron chi connectivity index (χ4n) is 10.1. The lowest BCUT2D eigenvalue weighted by Crippen LogP contribution is -2.61. The van der Waals surface area contributed by atoms with Gasteiger partial charge in [0.15, 0.2) is 18.7 Å². The lowest BCUT2D eigenvalue weighted by molar-refractivity contribution is -0.318. The summed E-state index contributed by atoms with van der Waals surface area (Å²) < 4.78 is 53.1. The van der Waals surface area contributed by atoms with Crippen LogP contribution in [0.25, 0.3) is 0 Å². The lowest BCUT2D eigenvalue weighted by atomic mass is 9.76. The van der Waals surface area contributed by atoms with Gasteiger partial charge in [-0.15, -0.1) is 0 Å². The Hall–Kier alpha value is -1.76. The van der Waals surface area contributed by atoms with E-state index in [1.165, 1.54) is 14.0 Å². The minimum atomic E-state index is -1.82. The van der Waals surface area contributed by atoms with E-state index < -0.39 is 108 Å². The van der Waals surface area contributed by atoms with Gasteiger partial charge in [-0.05, 0) is 105 Å². The van der Waals surface area contributed by atoms with Crippen molar-refractivity contribution in [2.24, 2.45) is 23.7 Å². The predicted octanol–water partition coefficient (Wildman–Crippen LogP) is 5.25. The molecular formula is C44H70BrNO13. The molecule has 5 rings (SSSR count). The summed E-state index contributed by atoms with van der Waals surface area (Å²) in [5.74, 6) is -3.51. The number of aliphatic hydroxyl groups is 3. The van der Waals surface area contributed by atoms with E-state index in [1.54, 1.807) is 52.0 Å². The maximum atomic E-state index is 14.4. The van der Waals surface area contributed by atoms with Crippen LogP contribution in [0.2, 0.25) is 0 Å². The maximum Gasteiger partial charge on any atom is 0.338 e. The Morgan fingerprint density at radius 1 is 0.932 bits per heavy atom. The van der Waals surface area contributed by atoms with Gasteiger partial charge in [0.1, 0.15) is 17.8 Å². The summed E-state index contributed by atoms with van der Waals surface area (Å²) in [6.07, 6.45) is -8.13. The predicted molar refractivity (Wildman–Crippen MR) is 221 cm³/mol. The number of esters is 2. The minimum Gasteiger partial charge on any atom is -0.459 e. The molecule has 4 fully saturated rings. The van der Waals surface area contributed by atoms with Crippen molar-refractivity contribution in [1.82, 2.24) is 4.90 Å². The average molecular weight is 901 g/mol. The first kappa shape index (κ1) is 48.3. The topological polar surface area (TPSA) is 172 Å². The van der Waals surface area contributed by atoms with Crippen LogP contribution in [0.4, 0.5) is 0 Å². The van der Waals surface area contributed by atoms with Crippen molar-refractivity contribution in [3.8, 4) is 0 Å². The van der Waals surface area contributed by atoms with Gasteiger partial charge in [0.05, 0.1) is 65.3 Å². The number of ether oxygens (including phenoxy) is 8. The summed E-state index contributed by atoms with van der Waals surface area (Å²) in [5, 5.41) is 34.8. The summed E-state index contributed by atoms with van der Waals surface area (Å²) in [6.45, 7) is 18.2. The number of fused-ring (bicyclic) bond motifs is 2. The van der Waals surface area contributed by atoms with E-state index in [-0.39, 0.29) is 30.9 Å². The first-order valence-corrected chi connectivity index (χ1v) is 22.0. The Labute approximate surface area is 359 Å². The number of benzene rings is 1. The fourth-order valence-corrected chi connectivity index (χ4v) is 10.4. The molecule has 4 heterocycles. The van der Waals surface area contributed by atoms with Crippen molar-refractivity contribution in [2.45, 2.75) is 185 Å². The Morgan fingerprint density at radius 3 is 2.17 bits per heavy atom. The highest BCUT2D eigenvalue weighted by Gasteiger charge is 2.58. The van der Waals surface area contributed by atoms with Crippen LogP contribution < -0.4 is 0 Å². The number of hydrogen-bond donors (Lipinski definition) is 3. The zero-order valence-corrected chi connectivity index (χ0v) is 38.7. The van der Waals surface area contributed by atoms with Crippen LogP contribution in [-0.4, -0.2) is 144 Å². The molecule has 0 spiro atoms. The maximum absolute atomic E-state index is 14.4. The standard InChI is InChI=1S/C44H70BrNO13/c1-14-31-44(10,51)36(47)24(4)33-22(2)20-43(9,59-33)38(25(5)34(26(6)39(49)55-31)56-32-21-42(8,52-13)37(48)27(7)54-32)58-41-35(30(46(11)12)19-23(3)53-41)57-40(50)28-15-17-29(45)18-16-28/h15-18,22-27,30-38,41,47-48,51H,14,19-21H2,1-13H3/t22-,23+,24-,25-,26+,27+,30-,31+,32-,33+,34-,35+,36+,37+,38+,41-,42-,43-,44+/m0/s1. The quantitative estimate of drug-likeness (QED) is 0.275. The van der Waals surface area contributed by atoms with Gasteiger partial charge < -0.3 is 58.1 Å². The first-order chi connectivity index (χ1) is 27.5. The lowest BCUT2D eigenvalue weighted by Gasteiger charge is -2.49. The van der Waals surface area contributed by atoms with E-state index in [4.69, 9.17) is 37.9 Å². The summed E-state index contributed by atoms with van der Waals surface area (Å²) >= 11 is 3.44. The highest BCUT2D eigenvalue weighted by Crippen LogP contribution is 2.48. The molecule has 1 aromatic carbocycles. The fraction of sp³-hybridized carbons (Fsp3) is 0.818. The number of carbonyl (C=O) groups is 2. The molecule has 0 unspecified atom stereocenters. The summed E-state index contributed by atoms with van der Waals surface area (Å²) in [7, 11) is 5.37. The molecule has 4 aliphatic rings. The van der Waals surface area contributed by atoms with Crippen molar-refractivity contribution in [1.29, 1.82) is 0 Å². The third-order valence-electron chi connectivity index (χ3n) is 13.7. The highest BCUT2D eigenvalue weighted by atomic mass is 79.9. The van der Waals surface area contributed by atoms with E-state index in [2.05, 4.69) is 15.9 Å². The average Bonchev–Trinajstić information content (AvgIpc) is 3.50. The second-order valence-electron chi connectivity index (χ2n) is 18.6. The van der Waals surface area contributed by atoms with Gasteiger partial charge in [0.2, 0.25) is 0 Å². The molecule has 0 radical (unpaired) electrons. The Morgan fingerprint density at radius 2 is 1.58 bits per heavy atom. The molecule has 336 valence electrons. The number of methoxy groups -OCH3 is 1. The van der Waals surface area contributed by atoms with Gasteiger partial charge >= 0.3 is 11.9 Å². The van der Waals surface area contributed by atoms with E-state index in [1.807, 2.05) is 53.6 Å². The summed E-state index contributed by atoms with van der Waals surface area (Å²) in [6, 6.07) is 6.63. The zero-order chi connectivity index (χ0) is 43.9. The minimum absolute atomic E-state index is 0.112. The zero-order valence-electron chi connectivity index (χ0n) is 37.1. The molecule has 14 nitrogen and oxygen atoms in total. The molecule has 0 saturated carbocycles. The normalized spacial score (nSPS) is 46.2. The SMILES string of the molecule is CC[C@H]1OC(=O)[C@H](C)[C@@H](O[C@H]2C[C@](C)(OC)[C@H](O)[C@@H](C)O2)[C@H](C)[C@@H](O[C@@H]2O[C@H](C)C[C@H](N(C)C)[C@H]2OC(=O)c2ccc(Br)cc2)[C@]2(C)C[C@H](C)[C@@H](O2)[C@H](C)[C@@H](O)[C@]1(C)O. The number of halogens is 1. The third-order valence-corrected chi connectivity index (χ3v) is 14.2. The number of cyclic esters (lactones) is 1.